The normalized spacial score (nSPS) is 16.6. The Hall–Kier alpha value is -2.98. The standard InChI is InChI=1S/C21H24FN7OS/c22-15-11-14(3-4-17(15)28-6-8-29(9-7-28)18(30)12-23)25-21-26-16-5-10-31-19(16)20(27-21)24-13-1-2-13/h3-5,10-11,13H,1-2,6-9,12,23H2,(H2,24,25,26,27). The number of rotatable bonds is 6. The van der Waals surface area contributed by atoms with Gasteiger partial charge in [0.2, 0.25) is 11.9 Å². The maximum atomic E-state index is 14.9. The lowest BCUT2D eigenvalue weighted by atomic mass is 10.2. The number of anilines is 4. The fraction of sp³-hybridized carbons (Fsp3) is 0.381. The molecular formula is C21H24FN7OS. The van der Waals surface area contributed by atoms with E-state index in [1.54, 1.807) is 22.3 Å². The number of fused-ring (bicyclic) bond motifs is 1. The van der Waals surface area contributed by atoms with Crippen molar-refractivity contribution >= 4 is 50.6 Å². The molecule has 1 aromatic carbocycles. The van der Waals surface area contributed by atoms with Crippen LogP contribution in [0.4, 0.5) is 27.5 Å². The summed E-state index contributed by atoms with van der Waals surface area (Å²) in [6.07, 6.45) is 2.31. The fourth-order valence-corrected chi connectivity index (χ4v) is 4.52. The molecule has 1 amide bonds. The van der Waals surface area contributed by atoms with E-state index in [0.717, 1.165) is 28.9 Å². The first-order chi connectivity index (χ1) is 15.1. The molecule has 1 saturated carbocycles. The number of carbonyl (C=O) groups is 1. The molecule has 3 aromatic rings. The second kappa shape index (κ2) is 8.27. The first-order valence-corrected chi connectivity index (χ1v) is 11.3. The summed E-state index contributed by atoms with van der Waals surface area (Å²) in [5, 5.41) is 8.59. The Morgan fingerprint density at radius 1 is 1.19 bits per heavy atom. The van der Waals surface area contributed by atoms with Gasteiger partial charge in [-0.15, -0.1) is 11.3 Å². The lowest BCUT2D eigenvalue weighted by Crippen LogP contribution is -2.50. The summed E-state index contributed by atoms with van der Waals surface area (Å²) in [4.78, 5) is 24.6. The van der Waals surface area contributed by atoms with Gasteiger partial charge in [0.05, 0.1) is 22.4 Å². The van der Waals surface area contributed by atoms with Crippen molar-refractivity contribution in [1.82, 2.24) is 14.9 Å². The van der Waals surface area contributed by atoms with E-state index >= 15 is 0 Å². The lowest BCUT2D eigenvalue weighted by Gasteiger charge is -2.36. The van der Waals surface area contributed by atoms with E-state index in [1.807, 2.05) is 22.4 Å². The Labute approximate surface area is 183 Å². The molecule has 0 unspecified atom stereocenters. The zero-order valence-electron chi connectivity index (χ0n) is 17.0. The lowest BCUT2D eigenvalue weighted by molar-refractivity contribution is -0.129. The molecule has 3 heterocycles. The molecule has 31 heavy (non-hydrogen) atoms. The van der Waals surface area contributed by atoms with E-state index in [9.17, 15) is 9.18 Å². The highest BCUT2D eigenvalue weighted by molar-refractivity contribution is 7.17. The van der Waals surface area contributed by atoms with Crippen molar-refractivity contribution in [3.63, 3.8) is 0 Å². The van der Waals surface area contributed by atoms with Crippen molar-refractivity contribution in [2.75, 3.05) is 48.3 Å². The molecule has 0 spiro atoms. The molecule has 4 N–H and O–H groups in total. The van der Waals surface area contributed by atoms with Crippen LogP contribution in [0.25, 0.3) is 10.2 Å². The van der Waals surface area contributed by atoms with Gasteiger partial charge in [0, 0.05) is 37.9 Å². The SMILES string of the molecule is NCC(=O)N1CCN(c2ccc(Nc3nc(NC4CC4)c4sccc4n3)cc2F)CC1. The van der Waals surface area contributed by atoms with Crippen LogP contribution in [0.1, 0.15) is 12.8 Å². The number of hydrogen-bond acceptors (Lipinski definition) is 8. The fourth-order valence-electron chi connectivity index (χ4n) is 3.73. The molecule has 162 valence electrons. The van der Waals surface area contributed by atoms with Gasteiger partial charge in [-0.25, -0.2) is 9.37 Å². The van der Waals surface area contributed by atoms with Crippen LogP contribution < -0.4 is 21.3 Å². The molecular weight excluding hydrogens is 417 g/mol. The van der Waals surface area contributed by atoms with Gasteiger partial charge in [0.15, 0.2) is 0 Å². The molecule has 10 heteroatoms. The van der Waals surface area contributed by atoms with E-state index in [2.05, 4.69) is 20.6 Å². The van der Waals surface area contributed by atoms with Gasteiger partial charge in [-0.1, -0.05) is 0 Å². The summed E-state index contributed by atoms with van der Waals surface area (Å²) in [7, 11) is 0. The van der Waals surface area contributed by atoms with Crippen LogP contribution in [0.2, 0.25) is 0 Å². The summed E-state index contributed by atoms with van der Waals surface area (Å²) >= 11 is 1.61. The Morgan fingerprint density at radius 3 is 2.71 bits per heavy atom. The van der Waals surface area contributed by atoms with Crippen molar-refractivity contribution in [2.45, 2.75) is 18.9 Å². The number of hydrogen-bond donors (Lipinski definition) is 3. The molecule has 2 aliphatic rings. The van der Waals surface area contributed by atoms with Crippen LogP contribution in [0.3, 0.4) is 0 Å². The van der Waals surface area contributed by atoms with Gasteiger partial charge in [-0.05, 0) is 42.5 Å². The van der Waals surface area contributed by atoms with Gasteiger partial charge in [-0.2, -0.15) is 4.98 Å². The summed E-state index contributed by atoms with van der Waals surface area (Å²) < 4.78 is 15.9. The van der Waals surface area contributed by atoms with Crippen LogP contribution in [-0.4, -0.2) is 59.5 Å². The van der Waals surface area contributed by atoms with Crippen LogP contribution >= 0.6 is 11.3 Å². The van der Waals surface area contributed by atoms with Gasteiger partial charge < -0.3 is 26.2 Å². The largest absolute Gasteiger partial charge is 0.366 e. The van der Waals surface area contributed by atoms with Crippen LogP contribution in [0, 0.1) is 5.82 Å². The van der Waals surface area contributed by atoms with Crippen molar-refractivity contribution in [1.29, 1.82) is 0 Å². The van der Waals surface area contributed by atoms with Crippen molar-refractivity contribution in [2.24, 2.45) is 5.73 Å². The van der Waals surface area contributed by atoms with Crippen molar-refractivity contribution in [3.8, 4) is 0 Å². The molecule has 0 radical (unpaired) electrons. The predicted molar refractivity (Wildman–Crippen MR) is 122 cm³/mol. The highest BCUT2D eigenvalue weighted by atomic mass is 32.1. The molecule has 5 rings (SSSR count). The molecule has 8 nitrogen and oxygen atoms in total. The number of amides is 1. The monoisotopic (exact) mass is 441 g/mol. The molecule has 1 aliphatic carbocycles. The Balaban J connectivity index is 1.31. The number of thiophene rings is 1. The van der Waals surface area contributed by atoms with Gasteiger partial charge in [0.25, 0.3) is 0 Å². The number of nitrogens with zero attached hydrogens (tertiary/aromatic N) is 4. The van der Waals surface area contributed by atoms with Crippen molar-refractivity contribution in [3.05, 3.63) is 35.5 Å². The topological polar surface area (TPSA) is 99.4 Å². The van der Waals surface area contributed by atoms with Gasteiger partial charge in [-0.3, -0.25) is 4.79 Å². The summed E-state index contributed by atoms with van der Waals surface area (Å²) in [5.74, 6) is 0.872. The molecule has 0 atom stereocenters. The number of benzene rings is 1. The quantitative estimate of drug-likeness (QED) is 0.541. The minimum atomic E-state index is -0.323. The molecule has 0 bridgehead atoms. The summed E-state index contributed by atoms with van der Waals surface area (Å²) in [6, 6.07) is 7.48. The number of carbonyl (C=O) groups excluding carboxylic acids is 1. The smallest absolute Gasteiger partial charge is 0.236 e. The molecule has 2 fully saturated rings. The van der Waals surface area contributed by atoms with Crippen LogP contribution in [0.15, 0.2) is 29.6 Å². The highest BCUT2D eigenvalue weighted by Crippen LogP contribution is 2.33. The minimum Gasteiger partial charge on any atom is -0.366 e. The second-order valence-electron chi connectivity index (χ2n) is 7.81. The van der Waals surface area contributed by atoms with E-state index in [0.29, 0.717) is 49.5 Å². The van der Waals surface area contributed by atoms with E-state index in [-0.39, 0.29) is 18.3 Å². The van der Waals surface area contributed by atoms with Gasteiger partial charge >= 0.3 is 0 Å². The summed E-state index contributed by atoms with van der Waals surface area (Å²) in [5.41, 5.74) is 7.41. The maximum absolute atomic E-state index is 14.9. The number of halogens is 1. The molecule has 1 aliphatic heterocycles. The van der Waals surface area contributed by atoms with Crippen LogP contribution in [0.5, 0.6) is 0 Å². The third-order valence-electron chi connectivity index (χ3n) is 5.57. The Bertz CT molecular complexity index is 1110. The number of aromatic nitrogens is 2. The zero-order chi connectivity index (χ0) is 21.4. The van der Waals surface area contributed by atoms with Gasteiger partial charge in [0.1, 0.15) is 11.6 Å². The Morgan fingerprint density at radius 2 is 2.00 bits per heavy atom. The first-order valence-electron chi connectivity index (χ1n) is 10.4. The number of nitrogens with two attached hydrogens (primary N) is 1. The second-order valence-corrected chi connectivity index (χ2v) is 8.73. The minimum absolute atomic E-state index is 0.00581. The number of piperazine rings is 1. The first kappa shape index (κ1) is 20.0. The zero-order valence-corrected chi connectivity index (χ0v) is 17.8. The van der Waals surface area contributed by atoms with E-state index < -0.39 is 0 Å². The highest BCUT2D eigenvalue weighted by Gasteiger charge is 2.24. The molecule has 2 aromatic heterocycles. The van der Waals surface area contributed by atoms with E-state index in [4.69, 9.17) is 5.73 Å². The van der Waals surface area contributed by atoms with Crippen molar-refractivity contribution < 1.29 is 9.18 Å². The third kappa shape index (κ3) is 4.26. The predicted octanol–water partition coefficient (Wildman–Crippen LogP) is 2.76. The average Bonchev–Trinajstić information content (AvgIpc) is 3.46. The maximum Gasteiger partial charge on any atom is 0.236 e. The average molecular weight is 442 g/mol. The molecule has 1 saturated heterocycles. The van der Waals surface area contributed by atoms with Crippen LogP contribution in [-0.2, 0) is 4.79 Å². The Kier molecular flexibility index (Phi) is 5.33. The number of nitrogens with one attached hydrogen (secondary N) is 2. The van der Waals surface area contributed by atoms with E-state index in [1.165, 1.54) is 6.07 Å². The summed E-state index contributed by atoms with van der Waals surface area (Å²) in [6.45, 7) is 2.24. The third-order valence-corrected chi connectivity index (χ3v) is 6.48.